The zero-order valence-electron chi connectivity index (χ0n) is 17.6. The van der Waals surface area contributed by atoms with Crippen LogP contribution >= 0.6 is 11.6 Å². The lowest BCUT2D eigenvalue weighted by molar-refractivity contribution is 1.18. The molecule has 0 amide bonds. The largest absolute Gasteiger partial charge is 0.228 e. The molecule has 0 aliphatic rings. The Labute approximate surface area is 197 Å². The van der Waals surface area contributed by atoms with E-state index in [1.807, 2.05) is 97.1 Å². The van der Waals surface area contributed by atoms with Crippen LogP contribution < -0.4 is 0 Å². The molecule has 0 aliphatic heterocycles. The first kappa shape index (κ1) is 20.6. The lowest BCUT2D eigenvalue weighted by atomic mass is 10.0. The van der Waals surface area contributed by atoms with Crippen LogP contribution in [0, 0.1) is 11.3 Å². The van der Waals surface area contributed by atoms with Crippen molar-refractivity contribution < 1.29 is 0 Å². The molecule has 33 heavy (non-hydrogen) atoms. The molecule has 0 saturated heterocycles. The van der Waals surface area contributed by atoms with Gasteiger partial charge < -0.3 is 0 Å². The van der Waals surface area contributed by atoms with Crippen molar-refractivity contribution in [1.82, 2.24) is 9.97 Å². The van der Waals surface area contributed by atoms with Crippen LogP contribution in [-0.4, -0.2) is 9.97 Å². The number of hydrogen-bond acceptors (Lipinski definition) is 3. The highest BCUT2D eigenvalue weighted by Crippen LogP contribution is 2.32. The van der Waals surface area contributed by atoms with Crippen LogP contribution in [0.25, 0.3) is 45.0 Å². The van der Waals surface area contributed by atoms with Crippen LogP contribution in [0.2, 0.25) is 5.02 Å². The number of hydrogen-bond donors (Lipinski definition) is 0. The van der Waals surface area contributed by atoms with Crippen LogP contribution in [0.15, 0.2) is 109 Å². The second kappa shape index (κ2) is 9.08. The average Bonchev–Trinajstić information content (AvgIpc) is 2.90. The van der Waals surface area contributed by atoms with Crippen LogP contribution in [0.1, 0.15) is 5.56 Å². The maximum absolute atomic E-state index is 9.23. The van der Waals surface area contributed by atoms with E-state index < -0.39 is 0 Å². The van der Waals surface area contributed by atoms with Crippen molar-refractivity contribution in [3.05, 3.63) is 120 Å². The summed E-state index contributed by atoms with van der Waals surface area (Å²) >= 11 is 6.39. The molecule has 0 bridgehead atoms. The second-order valence-electron chi connectivity index (χ2n) is 7.58. The van der Waals surface area contributed by atoms with Gasteiger partial charge in [-0.1, -0.05) is 96.5 Å². The zero-order valence-corrected chi connectivity index (χ0v) is 18.4. The maximum atomic E-state index is 9.23. The number of rotatable bonds is 4. The van der Waals surface area contributed by atoms with Gasteiger partial charge in [-0.25, -0.2) is 9.97 Å². The molecule has 0 unspecified atom stereocenters. The summed E-state index contributed by atoms with van der Waals surface area (Å²) < 4.78 is 0. The van der Waals surface area contributed by atoms with E-state index in [1.54, 1.807) is 12.1 Å². The SMILES string of the molecule is N#Cc1ccc(Cl)c(-c2ccc(-c3cc(-c4ccccc4)nc(-c4ccccc4)n3)cc2)c1. The van der Waals surface area contributed by atoms with Crippen molar-refractivity contribution in [1.29, 1.82) is 5.26 Å². The van der Waals surface area contributed by atoms with Gasteiger partial charge in [-0.3, -0.25) is 0 Å². The highest BCUT2D eigenvalue weighted by molar-refractivity contribution is 6.33. The average molecular weight is 444 g/mol. The maximum Gasteiger partial charge on any atom is 0.160 e. The molecule has 156 valence electrons. The molecule has 4 heteroatoms. The topological polar surface area (TPSA) is 49.6 Å². The highest BCUT2D eigenvalue weighted by atomic mass is 35.5. The van der Waals surface area contributed by atoms with Crippen LogP contribution in [-0.2, 0) is 0 Å². The van der Waals surface area contributed by atoms with Gasteiger partial charge >= 0.3 is 0 Å². The van der Waals surface area contributed by atoms with Gasteiger partial charge in [0.05, 0.1) is 23.0 Å². The van der Waals surface area contributed by atoms with E-state index in [0.29, 0.717) is 16.4 Å². The summed E-state index contributed by atoms with van der Waals surface area (Å²) in [4.78, 5) is 9.70. The van der Waals surface area contributed by atoms with Gasteiger partial charge in [-0.2, -0.15) is 5.26 Å². The fourth-order valence-electron chi connectivity index (χ4n) is 3.70. The molecule has 0 spiro atoms. The molecular formula is C29H18ClN3. The van der Waals surface area contributed by atoms with Crippen molar-refractivity contribution in [3.8, 4) is 51.1 Å². The first-order chi connectivity index (χ1) is 16.2. The predicted octanol–water partition coefficient (Wildman–Crippen LogP) is 7.67. The third-order valence-corrected chi connectivity index (χ3v) is 5.74. The van der Waals surface area contributed by atoms with Gasteiger partial charge in [0.1, 0.15) is 0 Å². The minimum absolute atomic E-state index is 0.578. The highest BCUT2D eigenvalue weighted by Gasteiger charge is 2.11. The summed E-state index contributed by atoms with van der Waals surface area (Å²) in [5.74, 6) is 0.681. The molecule has 0 N–H and O–H groups in total. The Kier molecular flexibility index (Phi) is 5.68. The van der Waals surface area contributed by atoms with E-state index in [2.05, 4.69) is 6.07 Å². The summed E-state index contributed by atoms with van der Waals surface area (Å²) in [5, 5.41) is 9.84. The lowest BCUT2D eigenvalue weighted by Gasteiger charge is -2.10. The molecule has 5 aromatic rings. The van der Waals surface area contributed by atoms with Gasteiger partial charge in [0.25, 0.3) is 0 Å². The number of nitrogens with zero attached hydrogens (tertiary/aromatic N) is 3. The monoisotopic (exact) mass is 443 g/mol. The Morgan fingerprint density at radius 2 is 1.12 bits per heavy atom. The molecule has 1 heterocycles. The number of aromatic nitrogens is 2. The predicted molar refractivity (Wildman–Crippen MR) is 134 cm³/mol. The molecule has 0 aliphatic carbocycles. The molecule has 0 atom stereocenters. The quantitative estimate of drug-likeness (QED) is 0.286. The molecule has 0 fully saturated rings. The van der Waals surface area contributed by atoms with E-state index in [-0.39, 0.29) is 0 Å². The van der Waals surface area contributed by atoms with E-state index in [9.17, 15) is 5.26 Å². The number of nitriles is 1. The standard InChI is InChI=1S/C29H18ClN3/c30-26-16-11-20(19-31)17-25(26)21-12-14-23(15-13-21)28-18-27(22-7-3-1-4-8-22)32-29(33-28)24-9-5-2-6-10-24/h1-18H. The summed E-state index contributed by atoms with van der Waals surface area (Å²) in [6.07, 6.45) is 0. The number of halogens is 1. The first-order valence-electron chi connectivity index (χ1n) is 10.5. The summed E-state index contributed by atoms with van der Waals surface area (Å²) in [5.41, 5.74) is 7.04. The molecule has 0 radical (unpaired) electrons. The molecular weight excluding hydrogens is 426 g/mol. The molecule has 1 aromatic heterocycles. The molecule has 4 aromatic carbocycles. The van der Waals surface area contributed by atoms with E-state index in [1.165, 1.54) is 0 Å². The Bertz CT molecular complexity index is 1400. The fraction of sp³-hybridized carbons (Fsp3) is 0. The van der Waals surface area contributed by atoms with Crippen LogP contribution in [0.5, 0.6) is 0 Å². The van der Waals surface area contributed by atoms with Crippen molar-refractivity contribution >= 4 is 11.6 Å². The minimum atomic E-state index is 0.578. The fourth-order valence-corrected chi connectivity index (χ4v) is 3.93. The van der Waals surface area contributed by atoms with Crippen LogP contribution in [0.4, 0.5) is 0 Å². The van der Waals surface area contributed by atoms with Gasteiger partial charge in [0.2, 0.25) is 0 Å². The van der Waals surface area contributed by atoms with Crippen molar-refractivity contribution in [2.45, 2.75) is 0 Å². The number of benzene rings is 4. The summed E-state index contributed by atoms with van der Waals surface area (Å²) in [6.45, 7) is 0. The van der Waals surface area contributed by atoms with E-state index in [4.69, 9.17) is 21.6 Å². The van der Waals surface area contributed by atoms with E-state index in [0.717, 1.165) is 39.2 Å². The summed E-state index contributed by atoms with van der Waals surface area (Å²) in [7, 11) is 0. The molecule has 3 nitrogen and oxygen atoms in total. The third kappa shape index (κ3) is 4.39. The normalized spacial score (nSPS) is 10.5. The van der Waals surface area contributed by atoms with Gasteiger partial charge in [-0.15, -0.1) is 0 Å². The Morgan fingerprint density at radius 3 is 1.73 bits per heavy atom. The third-order valence-electron chi connectivity index (χ3n) is 5.41. The second-order valence-corrected chi connectivity index (χ2v) is 7.99. The van der Waals surface area contributed by atoms with Gasteiger partial charge in [-0.05, 0) is 29.8 Å². The molecule has 0 saturated carbocycles. The first-order valence-corrected chi connectivity index (χ1v) is 10.9. The lowest BCUT2D eigenvalue weighted by Crippen LogP contribution is -1.95. The Hall–Kier alpha value is -4.26. The van der Waals surface area contributed by atoms with E-state index >= 15 is 0 Å². The van der Waals surface area contributed by atoms with Crippen molar-refractivity contribution in [3.63, 3.8) is 0 Å². The summed E-state index contributed by atoms with van der Waals surface area (Å²) in [6, 6.07) is 37.6. The Morgan fingerprint density at radius 1 is 0.576 bits per heavy atom. The zero-order chi connectivity index (χ0) is 22.6. The van der Waals surface area contributed by atoms with Gasteiger partial charge in [0, 0.05) is 27.3 Å². The van der Waals surface area contributed by atoms with Gasteiger partial charge in [0.15, 0.2) is 5.82 Å². The molecule has 5 rings (SSSR count). The minimum Gasteiger partial charge on any atom is -0.228 e. The Balaban J connectivity index is 1.60. The van der Waals surface area contributed by atoms with Crippen molar-refractivity contribution in [2.24, 2.45) is 0 Å². The van der Waals surface area contributed by atoms with Crippen LogP contribution in [0.3, 0.4) is 0 Å². The smallest absolute Gasteiger partial charge is 0.160 e. The van der Waals surface area contributed by atoms with Crippen molar-refractivity contribution in [2.75, 3.05) is 0 Å².